The second kappa shape index (κ2) is 4.83. The number of hydrogen-bond acceptors (Lipinski definition) is 2. The van der Waals surface area contributed by atoms with Crippen LogP contribution in [-0.4, -0.2) is 21.9 Å². The van der Waals surface area contributed by atoms with Gasteiger partial charge in [0.25, 0.3) is 0 Å². The largest absolute Gasteiger partial charge is 0.393 e. The monoisotopic (exact) mass is 174 g/mol. The predicted octanol–water partition coefficient (Wildman–Crippen LogP) is 1.94. The lowest BCUT2D eigenvalue weighted by molar-refractivity contribution is -0.0289. The first-order valence-corrected chi connectivity index (χ1v) is 4.85. The number of hydrogen-bond donors (Lipinski definition) is 2. The highest BCUT2D eigenvalue weighted by Crippen LogP contribution is 2.23. The van der Waals surface area contributed by atoms with Crippen LogP contribution in [-0.2, 0) is 0 Å². The minimum absolute atomic E-state index is 0.231. The van der Waals surface area contributed by atoms with Crippen molar-refractivity contribution < 1.29 is 10.2 Å². The Morgan fingerprint density at radius 1 is 1.17 bits per heavy atom. The molecule has 0 heterocycles. The van der Waals surface area contributed by atoms with Crippen molar-refractivity contribution in [1.82, 2.24) is 0 Å². The van der Waals surface area contributed by atoms with E-state index in [9.17, 15) is 10.2 Å². The minimum atomic E-state index is -0.663. The first kappa shape index (κ1) is 11.9. The molecule has 0 bridgehead atoms. The van der Waals surface area contributed by atoms with E-state index in [1.807, 2.05) is 27.7 Å². The molecule has 0 rings (SSSR count). The highest BCUT2D eigenvalue weighted by Gasteiger charge is 2.26. The summed E-state index contributed by atoms with van der Waals surface area (Å²) in [6.07, 6.45) is 1.55. The Kier molecular flexibility index (Phi) is 4.80. The van der Waals surface area contributed by atoms with Gasteiger partial charge in [0.15, 0.2) is 0 Å². The molecule has 0 aromatic rings. The molecule has 2 N–H and O–H groups in total. The van der Waals surface area contributed by atoms with Crippen LogP contribution in [0.5, 0.6) is 0 Å². The minimum Gasteiger partial charge on any atom is -0.393 e. The molecule has 2 nitrogen and oxygen atoms in total. The smallest absolute Gasteiger partial charge is 0.0667 e. The fourth-order valence-corrected chi connectivity index (χ4v) is 1.16. The number of aliphatic hydroxyl groups excluding tert-OH is 1. The molecule has 0 aliphatic rings. The maximum absolute atomic E-state index is 9.89. The molecular formula is C10H22O2. The predicted molar refractivity (Wildman–Crippen MR) is 51.0 cm³/mol. The van der Waals surface area contributed by atoms with Gasteiger partial charge in [0.05, 0.1) is 11.7 Å². The molecule has 0 saturated carbocycles. The van der Waals surface area contributed by atoms with Crippen LogP contribution in [0.3, 0.4) is 0 Å². The third kappa shape index (κ3) is 3.55. The SMILES string of the molecule is CCC(O)(CC)CC(O)C(C)C. The van der Waals surface area contributed by atoms with Gasteiger partial charge in [-0.15, -0.1) is 0 Å². The summed E-state index contributed by atoms with van der Waals surface area (Å²) in [4.78, 5) is 0. The van der Waals surface area contributed by atoms with Gasteiger partial charge in [0.1, 0.15) is 0 Å². The van der Waals surface area contributed by atoms with E-state index in [0.29, 0.717) is 19.3 Å². The summed E-state index contributed by atoms with van der Waals surface area (Å²) in [6, 6.07) is 0. The van der Waals surface area contributed by atoms with Crippen molar-refractivity contribution in [3.63, 3.8) is 0 Å². The van der Waals surface area contributed by atoms with Gasteiger partial charge < -0.3 is 10.2 Å². The molecular weight excluding hydrogens is 152 g/mol. The molecule has 1 unspecified atom stereocenters. The lowest BCUT2D eigenvalue weighted by Gasteiger charge is -2.29. The zero-order valence-electron chi connectivity index (χ0n) is 8.67. The topological polar surface area (TPSA) is 40.5 Å². The second-order valence-electron chi connectivity index (χ2n) is 3.95. The summed E-state index contributed by atoms with van der Waals surface area (Å²) in [5, 5.41) is 19.5. The zero-order valence-corrected chi connectivity index (χ0v) is 8.67. The van der Waals surface area contributed by atoms with Gasteiger partial charge in [0, 0.05) is 6.42 Å². The fraction of sp³-hybridized carbons (Fsp3) is 1.00. The van der Waals surface area contributed by atoms with E-state index in [0.717, 1.165) is 0 Å². The summed E-state index contributed by atoms with van der Waals surface area (Å²) in [5.74, 6) is 0.231. The van der Waals surface area contributed by atoms with Crippen LogP contribution in [0, 0.1) is 5.92 Å². The first-order chi connectivity index (χ1) is 5.45. The van der Waals surface area contributed by atoms with Crippen LogP contribution in [0.4, 0.5) is 0 Å². The average Bonchev–Trinajstić information content (AvgIpc) is 2.04. The van der Waals surface area contributed by atoms with E-state index in [2.05, 4.69) is 0 Å². The van der Waals surface area contributed by atoms with Crippen molar-refractivity contribution in [2.24, 2.45) is 5.92 Å². The van der Waals surface area contributed by atoms with Crippen molar-refractivity contribution in [3.8, 4) is 0 Å². The van der Waals surface area contributed by atoms with Crippen LogP contribution < -0.4 is 0 Å². The summed E-state index contributed by atoms with van der Waals surface area (Å²) >= 11 is 0. The molecule has 0 fully saturated rings. The molecule has 1 atom stereocenters. The summed E-state index contributed by atoms with van der Waals surface area (Å²) in [5.41, 5.74) is -0.663. The molecule has 0 aromatic heterocycles. The summed E-state index contributed by atoms with van der Waals surface area (Å²) in [7, 11) is 0. The van der Waals surface area contributed by atoms with Crippen molar-refractivity contribution in [1.29, 1.82) is 0 Å². The van der Waals surface area contributed by atoms with Gasteiger partial charge in [-0.25, -0.2) is 0 Å². The van der Waals surface area contributed by atoms with E-state index in [4.69, 9.17) is 0 Å². The maximum Gasteiger partial charge on any atom is 0.0667 e. The third-order valence-electron chi connectivity index (χ3n) is 2.67. The van der Waals surface area contributed by atoms with Crippen molar-refractivity contribution in [3.05, 3.63) is 0 Å². The van der Waals surface area contributed by atoms with Crippen LogP contribution in [0.15, 0.2) is 0 Å². The van der Waals surface area contributed by atoms with E-state index in [1.165, 1.54) is 0 Å². The van der Waals surface area contributed by atoms with E-state index in [-0.39, 0.29) is 12.0 Å². The Morgan fingerprint density at radius 2 is 1.58 bits per heavy atom. The van der Waals surface area contributed by atoms with Crippen molar-refractivity contribution in [2.45, 2.75) is 58.7 Å². The quantitative estimate of drug-likeness (QED) is 0.668. The molecule has 74 valence electrons. The number of aliphatic hydroxyl groups is 2. The van der Waals surface area contributed by atoms with Crippen LogP contribution in [0.25, 0.3) is 0 Å². The normalized spacial score (nSPS) is 15.2. The van der Waals surface area contributed by atoms with Crippen LogP contribution in [0.1, 0.15) is 47.0 Å². The van der Waals surface area contributed by atoms with Crippen LogP contribution >= 0.6 is 0 Å². The van der Waals surface area contributed by atoms with Gasteiger partial charge in [-0.05, 0) is 18.8 Å². The first-order valence-electron chi connectivity index (χ1n) is 4.85. The molecule has 0 radical (unpaired) electrons. The van der Waals surface area contributed by atoms with Gasteiger partial charge in [-0.2, -0.15) is 0 Å². The second-order valence-corrected chi connectivity index (χ2v) is 3.95. The standard InChI is InChI=1S/C10H22O2/c1-5-10(12,6-2)7-9(11)8(3)4/h8-9,11-12H,5-7H2,1-4H3. The highest BCUT2D eigenvalue weighted by molar-refractivity contribution is 4.79. The molecule has 0 aromatic carbocycles. The van der Waals surface area contributed by atoms with E-state index < -0.39 is 5.60 Å². The third-order valence-corrected chi connectivity index (χ3v) is 2.67. The molecule has 0 aliphatic carbocycles. The van der Waals surface area contributed by atoms with Crippen molar-refractivity contribution in [2.75, 3.05) is 0 Å². The van der Waals surface area contributed by atoms with E-state index in [1.54, 1.807) is 0 Å². The molecule has 0 aliphatic heterocycles. The highest BCUT2D eigenvalue weighted by atomic mass is 16.3. The molecule has 12 heavy (non-hydrogen) atoms. The van der Waals surface area contributed by atoms with Gasteiger partial charge >= 0.3 is 0 Å². The summed E-state index contributed by atoms with van der Waals surface area (Å²) < 4.78 is 0. The average molecular weight is 174 g/mol. The summed E-state index contributed by atoms with van der Waals surface area (Å²) in [6.45, 7) is 7.85. The Bertz CT molecular complexity index is 117. The lowest BCUT2D eigenvalue weighted by Crippen LogP contribution is -2.34. The Balaban J connectivity index is 4.02. The maximum atomic E-state index is 9.89. The number of rotatable bonds is 5. The van der Waals surface area contributed by atoms with Crippen LogP contribution in [0.2, 0.25) is 0 Å². The Labute approximate surface area is 75.6 Å². The zero-order chi connectivity index (χ0) is 9.78. The lowest BCUT2D eigenvalue weighted by atomic mass is 9.87. The molecule has 0 spiro atoms. The van der Waals surface area contributed by atoms with Gasteiger partial charge in [0.2, 0.25) is 0 Å². The van der Waals surface area contributed by atoms with Gasteiger partial charge in [-0.3, -0.25) is 0 Å². The molecule has 2 heteroatoms. The molecule has 0 saturated heterocycles. The van der Waals surface area contributed by atoms with Gasteiger partial charge in [-0.1, -0.05) is 27.7 Å². The Hall–Kier alpha value is -0.0800. The van der Waals surface area contributed by atoms with Crippen molar-refractivity contribution >= 4 is 0 Å². The van der Waals surface area contributed by atoms with E-state index >= 15 is 0 Å². The molecule has 0 amide bonds. The Morgan fingerprint density at radius 3 is 1.83 bits per heavy atom. The fourth-order valence-electron chi connectivity index (χ4n) is 1.16.